The Kier molecular flexibility index (Phi) is 7.71. The van der Waals surface area contributed by atoms with Crippen molar-refractivity contribution in [1.29, 1.82) is 0 Å². The average molecular weight is 497 g/mol. The minimum absolute atomic E-state index is 0.0111. The zero-order valence-corrected chi connectivity index (χ0v) is 20.0. The third-order valence-electron chi connectivity index (χ3n) is 5.87. The van der Waals surface area contributed by atoms with E-state index in [9.17, 15) is 4.79 Å². The summed E-state index contributed by atoms with van der Waals surface area (Å²) < 4.78 is 6.47. The summed E-state index contributed by atoms with van der Waals surface area (Å²) in [7, 11) is 0. The van der Waals surface area contributed by atoms with Gasteiger partial charge in [0.05, 0.1) is 12.5 Å². The number of halogens is 1. The third-order valence-corrected chi connectivity index (χ3v) is 6.40. The summed E-state index contributed by atoms with van der Waals surface area (Å²) in [5, 5.41) is 7.24. The highest BCUT2D eigenvalue weighted by Gasteiger charge is 2.26. The Hall–Kier alpha value is -2.51. The van der Waals surface area contributed by atoms with Gasteiger partial charge in [-0.15, -0.1) is 0 Å². The van der Waals surface area contributed by atoms with Crippen molar-refractivity contribution in [3.63, 3.8) is 0 Å². The zero-order chi connectivity index (χ0) is 22.3. The van der Waals surface area contributed by atoms with Crippen molar-refractivity contribution in [3.8, 4) is 11.4 Å². The smallest absolute Gasteiger partial charge is 0.241 e. The van der Waals surface area contributed by atoms with Crippen LogP contribution in [0.15, 0.2) is 57.5 Å². The summed E-state index contributed by atoms with van der Waals surface area (Å²) in [6, 6.07) is 16.4. The number of benzene rings is 2. The number of hydrogen-bond donors (Lipinski definition) is 1. The molecule has 0 saturated carbocycles. The van der Waals surface area contributed by atoms with Crippen molar-refractivity contribution in [1.82, 2.24) is 20.4 Å². The average Bonchev–Trinajstić information content (AvgIpc) is 3.27. The van der Waals surface area contributed by atoms with E-state index in [1.54, 1.807) is 0 Å². The van der Waals surface area contributed by atoms with E-state index in [1.807, 2.05) is 24.3 Å². The predicted octanol–water partition coefficient (Wildman–Crippen LogP) is 4.77. The number of rotatable bonds is 8. The number of nitrogens with one attached hydrogen (secondary N) is 1. The van der Waals surface area contributed by atoms with Gasteiger partial charge in [0.15, 0.2) is 0 Å². The number of aryl methyl sites for hydroxylation is 2. The van der Waals surface area contributed by atoms with Crippen LogP contribution < -0.4 is 5.32 Å². The van der Waals surface area contributed by atoms with Crippen LogP contribution in [0.4, 0.5) is 0 Å². The first-order chi connectivity index (χ1) is 15.6. The number of piperidine rings is 1. The summed E-state index contributed by atoms with van der Waals surface area (Å²) in [6.07, 6.45) is 3.85. The lowest BCUT2D eigenvalue weighted by Crippen LogP contribution is -2.43. The van der Waals surface area contributed by atoms with Crippen molar-refractivity contribution in [2.24, 2.45) is 5.92 Å². The Balaban J connectivity index is 1.23. The quantitative estimate of drug-likeness (QED) is 0.454. The molecule has 2 heterocycles. The van der Waals surface area contributed by atoms with E-state index in [-0.39, 0.29) is 11.8 Å². The SMILES string of the molecule is Cc1ccc(CCCNC(=O)C2CCCN(Cc3nc(-c4ccc(Br)cc4)no3)C2)cc1. The molecule has 0 aliphatic carbocycles. The normalized spacial score (nSPS) is 16.8. The molecule has 1 fully saturated rings. The van der Waals surface area contributed by atoms with E-state index < -0.39 is 0 Å². The second-order valence-corrected chi connectivity index (χ2v) is 9.39. The summed E-state index contributed by atoms with van der Waals surface area (Å²) in [5.41, 5.74) is 3.51. The van der Waals surface area contributed by atoms with Crippen LogP contribution in [-0.2, 0) is 17.8 Å². The second-order valence-electron chi connectivity index (χ2n) is 8.47. The standard InChI is InChI=1S/C25H29BrN4O2/c1-18-6-8-19(9-7-18)4-2-14-27-25(31)21-5-3-15-30(16-21)17-23-28-24(29-32-23)20-10-12-22(26)13-11-20/h6-13,21H,2-5,14-17H2,1H3,(H,27,31). The molecule has 2 aromatic carbocycles. The highest BCUT2D eigenvalue weighted by molar-refractivity contribution is 9.10. The van der Waals surface area contributed by atoms with Gasteiger partial charge >= 0.3 is 0 Å². The van der Waals surface area contributed by atoms with E-state index >= 15 is 0 Å². The second kappa shape index (κ2) is 10.9. The van der Waals surface area contributed by atoms with Crippen molar-refractivity contribution < 1.29 is 9.32 Å². The Morgan fingerprint density at radius 3 is 2.75 bits per heavy atom. The van der Waals surface area contributed by atoms with Gasteiger partial charge in [-0.2, -0.15) is 4.98 Å². The molecular weight excluding hydrogens is 468 g/mol. The van der Waals surface area contributed by atoms with Gasteiger partial charge in [0.25, 0.3) is 0 Å². The van der Waals surface area contributed by atoms with E-state index in [0.29, 0.717) is 24.8 Å². The number of nitrogens with zero attached hydrogens (tertiary/aromatic N) is 3. The van der Waals surface area contributed by atoms with E-state index in [2.05, 4.69) is 67.5 Å². The van der Waals surface area contributed by atoms with Crippen LogP contribution in [0.5, 0.6) is 0 Å². The molecule has 32 heavy (non-hydrogen) atoms. The minimum Gasteiger partial charge on any atom is -0.356 e. The number of amides is 1. The maximum absolute atomic E-state index is 12.7. The number of carbonyl (C=O) groups excluding carboxylic acids is 1. The minimum atomic E-state index is 0.0111. The number of aromatic nitrogens is 2. The molecule has 0 radical (unpaired) electrons. The maximum Gasteiger partial charge on any atom is 0.241 e. The Labute approximate surface area is 197 Å². The molecule has 1 unspecified atom stereocenters. The molecular formula is C25H29BrN4O2. The highest BCUT2D eigenvalue weighted by atomic mass is 79.9. The fourth-order valence-corrected chi connectivity index (χ4v) is 4.31. The van der Waals surface area contributed by atoms with Crippen LogP contribution in [0.1, 0.15) is 36.3 Å². The lowest BCUT2D eigenvalue weighted by atomic mass is 9.97. The monoisotopic (exact) mass is 496 g/mol. The van der Waals surface area contributed by atoms with Gasteiger partial charge in [0.1, 0.15) is 0 Å². The van der Waals surface area contributed by atoms with Gasteiger partial charge in [-0.25, -0.2) is 0 Å². The number of carbonyl (C=O) groups is 1. The van der Waals surface area contributed by atoms with Gasteiger partial charge < -0.3 is 9.84 Å². The van der Waals surface area contributed by atoms with Crippen molar-refractivity contribution in [2.75, 3.05) is 19.6 Å². The molecule has 7 heteroatoms. The Morgan fingerprint density at radius 1 is 1.19 bits per heavy atom. The first-order valence-corrected chi connectivity index (χ1v) is 12.0. The van der Waals surface area contributed by atoms with Crippen molar-refractivity contribution >= 4 is 21.8 Å². The molecule has 168 valence electrons. The molecule has 1 aromatic heterocycles. The van der Waals surface area contributed by atoms with E-state index in [0.717, 1.165) is 48.8 Å². The molecule has 3 aromatic rings. The molecule has 1 saturated heterocycles. The van der Waals surface area contributed by atoms with E-state index in [1.165, 1.54) is 11.1 Å². The summed E-state index contributed by atoms with van der Waals surface area (Å²) >= 11 is 3.44. The van der Waals surface area contributed by atoms with Crippen LogP contribution in [0, 0.1) is 12.8 Å². The first-order valence-electron chi connectivity index (χ1n) is 11.2. The van der Waals surface area contributed by atoms with Gasteiger partial charge in [-0.3, -0.25) is 9.69 Å². The summed E-state index contributed by atoms with van der Waals surface area (Å²) in [4.78, 5) is 19.4. The molecule has 0 spiro atoms. The van der Waals surface area contributed by atoms with Crippen LogP contribution in [0.2, 0.25) is 0 Å². The predicted molar refractivity (Wildman–Crippen MR) is 128 cm³/mol. The zero-order valence-electron chi connectivity index (χ0n) is 18.4. The third kappa shape index (κ3) is 6.26. The molecule has 1 N–H and O–H groups in total. The topological polar surface area (TPSA) is 71.3 Å². The molecule has 4 rings (SSSR count). The van der Waals surface area contributed by atoms with Gasteiger partial charge in [0.2, 0.25) is 17.6 Å². The van der Waals surface area contributed by atoms with Crippen LogP contribution in [0.25, 0.3) is 11.4 Å². The van der Waals surface area contributed by atoms with Crippen LogP contribution in [-0.4, -0.2) is 40.6 Å². The highest BCUT2D eigenvalue weighted by Crippen LogP contribution is 2.21. The van der Waals surface area contributed by atoms with Gasteiger partial charge in [0, 0.05) is 23.1 Å². The van der Waals surface area contributed by atoms with Crippen LogP contribution >= 0.6 is 15.9 Å². The van der Waals surface area contributed by atoms with E-state index in [4.69, 9.17) is 4.52 Å². The maximum atomic E-state index is 12.7. The lowest BCUT2D eigenvalue weighted by molar-refractivity contribution is -0.126. The first kappa shape index (κ1) is 22.7. The summed E-state index contributed by atoms with van der Waals surface area (Å²) in [6.45, 7) is 5.04. The fourth-order valence-electron chi connectivity index (χ4n) is 4.04. The largest absolute Gasteiger partial charge is 0.356 e. The lowest BCUT2D eigenvalue weighted by Gasteiger charge is -2.30. The molecule has 1 amide bonds. The molecule has 0 bridgehead atoms. The molecule has 1 aliphatic heterocycles. The summed E-state index contributed by atoms with van der Waals surface area (Å²) in [5.74, 6) is 1.34. The number of hydrogen-bond acceptors (Lipinski definition) is 5. The van der Waals surface area contributed by atoms with Gasteiger partial charge in [-0.1, -0.05) is 50.9 Å². The van der Waals surface area contributed by atoms with Crippen molar-refractivity contribution in [2.45, 2.75) is 39.2 Å². The molecule has 1 aliphatic rings. The molecule has 6 nitrogen and oxygen atoms in total. The fraction of sp³-hybridized carbons (Fsp3) is 0.400. The van der Waals surface area contributed by atoms with Crippen LogP contribution in [0.3, 0.4) is 0 Å². The number of likely N-dealkylation sites (tertiary alicyclic amines) is 1. The van der Waals surface area contributed by atoms with Gasteiger partial charge in [-0.05, 0) is 69.0 Å². The Bertz CT molecular complexity index is 1020. The Morgan fingerprint density at radius 2 is 1.97 bits per heavy atom. The van der Waals surface area contributed by atoms with Crippen molar-refractivity contribution in [3.05, 3.63) is 70.0 Å². The molecule has 1 atom stereocenters.